The quantitative estimate of drug-likeness (QED) is 0.657. The van der Waals surface area contributed by atoms with Crippen molar-refractivity contribution >= 4 is 39.4 Å². The topological polar surface area (TPSA) is 63.1 Å². The monoisotopic (exact) mass is 238 g/mol. The van der Waals surface area contributed by atoms with E-state index in [1.807, 2.05) is 12.1 Å². The molecule has 1 N–H and O–H groups in total. The fraction of sp³-hybridized carbons (Fsp3) is 0. The number of hydrogen-bond acceptors (Lipinski definition) is 5. The third-order valence-electron chi connectivity index (χ3n) is 1.52. The Morgan fingerprint density at radius 2 is 2.47 bits per heavy atom. The summed E-state index contributed by atoms with van der Waals surface area (Å²) in [6.07, 6.45) is 2.77. The minimum absolute atomic E-state index is 0.703. The first-order chi connectivity index (χ1) is 7.25. The molecule has 2 rings (SSSR count). The summed E-state index contributed by atoms with van der Waals surface area (Å²) in [6.45, 7) is 0. The van der Waals surface area contributed by atoms with Crippen molar-refractivity contribution in [3.63, 3.8) is 0 Å². The minimum atomic E-state index is -0.957. The average molecular weight is 238 g/mol. The Morgan fingerprint density at radius 1 is 1.60 bits per heavy atom. The van der Waals surface area contributed by atoms with Crippen molar-refractivity contribution in [3.05, 3.63) is 29.8 Å². The molecule has 0 aliphatic carbocycles. The number of aromatic nitrogens is 2. The van der Waals surface area contributed by atoms with Crippen LogP contribution in [-0.4, -0.2) is 21.0 Å². The van der Waals surface area contributed by atoms with Crippen molar-refractivity contribution in [2.45, 2.75) is 4.34 Å². The third kappa shape index (κ3) is 2.54. The van der Waals surface area contributed by atoms with Crippen LogP contribution in [-0.2, 0) is 4.79 Å². The number of pyridine rings is 1. The average Bonchev–Trinajstić information content (AvgIpc) is 2.59. The smallest absolute Gasteiger partial charge is 0.328 e. The summed E-state index contributed by atoms with van der Waals surface area (Å²) in [5, 5.41) is 9.90. The molecule has 6 heteroatoms. The molecule has 0 radical (unpaired) electrons. The summed E-state index contributed by atoms with van der Waals surface area (Å²) in [5.41, 5.74) is 0.703. The van der Waals surface area contributed by atoms with Crippen LogP contribution in [0.5, 0.6) is 0 Å². The van der Waals surface area contributed by atoms with E-state index < -0.39 is 5.97 Å². The lowest BCUT2D eigenvalue weighted by molar-refractivity contribution is -0.131. The van der Waals surface area contributed by atoms with E-state index in [9.17, 15) is 4.79 Å². The molecule has 0 amide bonds. The normalized spacial score (nSPS) is 11.2. The van der Waals surface area contributed by atoms with E-state index in [4.69, 9.17) is 5.11 Å². The predicted octanol–water partition coefficient (Wildman–Crippen LogP) is 2.38. The molecule has 0 saturated heterocycles. The fourth-order valence-electron chi connectivity index (χ4n) is 0.950. The number of carboxylic acid groups (broad SMARTS) is 1. The Balaban J connectivity index is 2.19. The number of carbonyl (C=O) groups is 1. The lowest BCUT2D eigenvalue weighted by atomic mass is 10.5. The van der Waals surface area contributed by atoms with Gasteiger partial charge in [0, 0.05) is 12.3 Å². The molecular weight excluding hydrogens is 232 g/mol. The maximum Gasteiger partial charge on any atom is 0.328 e. The zero-order valence-electron chi connectivity index (χ0n) is 7.45. The summed E-state index contributed by atoms with van der Waals surface area (Å²) >= 11 is 2.77. The first-order valence-electron chi connectivity index (χ1n) is 4.03. The Labute approximate surface area is 93.7 Å². The number of hydrogen-bond donors (Lipinski definition) is 1. The molecule has 0 aliphatic heterocycles. The molecule has 76 valence electrons. The summed E-state index contributed by atoms with van der Waals surface area (Å²) in [7, 11) is 0. The van der Waals surface area contributed by atoms with E-state index in [1.54, 1.807) is 6.20 Å². The van der Waals surface area contributed by atoms with Crippen LogP contribution in [0.1, 0.15) is 0 Å². The molecule has 15 heavy (non-hydrogen) atoms. The molecule has 0 atom stereocenters. The van der Waals surface area contributed by atoms with Crippen LogP contribution >= 0.6 is 23.1 Å². The molecule has 0 aliphatic rings. The SMILES string of the molecule is O=C(O)C=CSc1nc2ncccc2s1. The maximum atomic E-state index is 10.2. The molecular formula is C9H6N2O2S2. The molecule has 0 saturated carbocycles. The van der Waals surface area contributed by atoms with Crippen molar-refractivity contribution in [2.75, 3.05) is 0 Å². The zero-order valence-corrected chi connectivity index (χ0v) is 9.09. The Hall–Kier alpha value is -1.40. The number of rotatable bonds is 3. The van der Waals surface area contributed by atoms with Crippen LogP contribution in [0.3, 0.4) is 0 Å². The number of nitrogens with zero attached hydrogens (tertiary/aromatic N) is 2. The van der Waals surface area contributed by atoms with Gasteiger partial charge in [0.25, 0.3) is 0 Å². The van der Waals surface area contributed by atoms with Crippen molar-refractivity contribution in [3.8, 4) is 0 Å². The summed E-state index contributed by atoms with van der Waals surface area (Å²) in [6, 6.07) is 3.78. The zero-order chi connectivity index (χ0) is 10.7. The van der Waals surface area contributed by atoms with E-state index >= 15 is 0 Å². The van der Waals surface area contributed by atoms with Crippen molar-refractivity contribution < 1.29 is 9.90 Å². The van der Waals surface area contributed by atoms with Gasteiger partial charge in [0.2, 0.25) is 0 Å². The number of thiazole rings is 1. The van der Waals surface area contributed by atoms with Gasteiger partial charge in [-0.1, -0.05) is 11.8 Å². The molecule has 4 nitrogen and oxygen atoms in total. The first-order valence-corrected chi connectivity index (χ1v) is 5.73. The lowest BCUT2D eigenvalue weighted by Crippen LogP contribution is -1.84. The Bertz CT molecular complexity index is 489. The van der Waals surface area contributed by atoms with E-state index in [1.165, 1.54) is 28.5 Å². The fourth-order valence-corrected chi connectivity index (χ4v) is 2.68. The van der Waals surface area contributed by atoms with Crippen LogP contribution in [0.4, 0.5) is 0 Å². The Kier molecular flexibility index (Phi) is 2.98. The van der Waals surface area contributed by atoms with Gasteiger partial charge in [-0.2, -0.15) is 0 Å². The molecule has 0 unspecified atom stereocenters. The molecule has 0 bridgehead atoms. The van der Waals surface area contributed by atoms with Gasteiger partial charge in [0.05, 0.1) is 4.70 Å². The van der Waals surface area contributed by atoms with Gasteiger partial charge < -0.3 is 5.11 Å². The van der Waals surface area contributed by atoms with Crippen LogP contribution < -0.4 is 0 Å². The molecule has 2 aromatic rings. The van der Waals surface area contributed by atoms with Gasteiger partial charge in [-0.25, -0.2) is 14.8 Å². The van der Waals surface area contributed by atoms with Crippen molar-refractivity contribution in [1.29, 1.82) is 0 Å². The second kappa shape index (κ2) is 4.41. The van der Waals surface area contributed by atoms with Crippen LogP contribution in [0, 0.1) is 0 Å². The van der Waals surface area contributed by atoms with Gasteiger partial charge in [-0.05, 0) is 17.5 Å². The van der Waals surface area contributed by atoms with Gasteiger partial charge in [0.15, 0.2) is 9.99 Å². The predicted molar refractivity (Wildman–Crippen MR) is 60.0 cm³/mol. The van der Waals surface area contributed by atoms with Crippen LogP contribution in [0.25, 0.3) is 10.3 Å². The largest absolute Gasteiger partial charge is 0.478 e. The van der Waals surface area contributed by atoms with Gasteiger partial charge in [0.1, 0.15) is 0 Å². The standard InChI is InChI=1S/C9H6N2O2S2/c12-7(13)3-5-14-9-11-8-6(15-9)2-1-4-10-8/h1-5H,(H,12,13). The Morgan fingerprint density at radius 3 is 3.20 bits per heavy atom. The van der Waals surface area contributed by atoms with E-state index in [2.05, 4.69) is 9.97 Å². The second-order valence-corrected chi connectivity index (χ2v) is 4.75. The number of thioether (sulfide) groups is 1. The molecule has 0 spiro atoms. The maximum absolute atomic E-state index is 10.2. The van der Waals surface area contributed by atoms with E-state index in [0.717, 1.165) is 15.1 Å². The van der Waals surface area contributed by atoms with E-state index in [0.29, 0.717) is 5.65 Å². The van der Waals surface area contributed by atoms with Gasteiger partial charge in [-0.15, -0.1) is 11.3 Å². The second-order valence-electron chi connectivity index (χ2n) is 2.56. The molecule has 2 heterocycles. The van der Waals surface area contributed by atoms with Crippen molar-refractivity contribution in [1.82, 2.24) is 9.97 Å². The third-order valence-corrected chi connectivity index (χ3v) is 3.43. The van der Waals surface area contributed by atoms with Crippen molar-refractivity contribution in [2.24, 2.45) is 0 Å². The van der Waals surface area contributed by atoms with E-state index in [-0.39, 0.29) is 0 Å². The summed E-state index contributed by atoms with van der Waals surface area (Å²) < 4.78 is 1.80. The highest BCUT2D eigenvalue weighted by molar-refractivity contribution is 8.03. The number of aliphatic carboxylic acids is 1. The van der Waals surface area contributed by atoms with Gasteiger partial charge >= 0.3 is 5.97 Å². The summed E-state index contributed by atoms with van der Waals surface area (Å²) in [4.78, 5) is 18.6. The number of fused-ring (bicyclic) bond motifs is 1. The molecule has 0 fully saturated rings. The number of carboxylic acids is 1. The highest BCUT2D eigenvalue weighted by Crippen LogP contribution is 2.28. The first kappa shape index (κ1) is 10.1. The highest BCUT2D eigenvalue weighted by Gasteiger charge is 2.02. The molecule has 2 aromatic heterocycles. The minimum Gasteiger partial charge on any atom is -0.478 e. The van der Waals surface area contributed by atoms with Gasteiger partial charge in [-0.3, -0.25) is 0 Å². The van der Waals surface area contributed by atoms with Crippen LogP contribution in [0.15, 0.2) is 34.2 Å². The van der Waals surface area contributed by atoms with Crippen LogP contribution in [0.2, 0.25) is 0 Å². The lowest BCUT2D eigenvalue weighted by Gasteiger charge is -1.83. The summed E-state index contributed by atoms with van der Waals surface area (Å²) in [5.74, 6) is -0.957. The molecule has 0 aromatic carbocycles. The highest BCUT2D eigenvalue weighted by atomic mass is 32.2.